The van der Waals surface area contributed by atoms with Crippen molar-refractivity contribution >= 4 is 8.32 Å². The maximum atomic E-state index is 6.57. The van der Waals surface area contributed by atoms with Gasteiger partial charge in [-0.15, -0.1) is 0 Å². The van der Waals surface area contributed by atoms with Crippen LogP contribution in [-0.4, -0.2) is 31.3 Å². The van der Waals surface area contributed by atoms with Gasteiger partial charge in [0.15, 0.2) is 0 Å². The predicted molar refractivity (Wildman–Crippen MR) is 84.7 cm³/mol. The Hall–Kier alpha value is -0.283. The molecular formula is C16H31NOSi. The zero-order chi connectivity index (χ0) is 14.6. The van der Waals surface area contributed by atoms with Crippen LogP contribution >= 0.6 is 0 Å². The van der Waals surface area contributed by atoms with E-state index in [2.05, 4.69) is 65.6 Å². The second-order valence-electron chi connectivity index (χ2n) is 8.12. The minimum absolute atomic E-state index is 0.288. The topological polar surface area (TPSA) is 12.5 Å². The molecule has 110 valence electrons. The van der Waals surface area contributed by atoms with Gasteiger partial charge in [0, 0.05) is 24.0 Å². The Balaban J connectivity index is 2.14. The molecule has 1 saturated heterocycles. The first kappa shape index (κ1) is 15.1. The molecule has 1 aliphatic carbocycles. The van der Waals surface area contributed by atoms with E-state index < -0.39 is 8.32 Å². The fraction of sp³-hybridized carbons (Fsp3) is 0.875. The highest BCUT2D eigenvalue weighted by atomic mass is 28.4. The third kappa shape index (κ3) is 2.51. The summed E-state index contributed by atoms with van der Waals surface area (Å²) in [7, 11) is -1.67. The van der Waals surface area contributed by atoms with Gasteiger partial charge in [0.25, 0.3) is 0 Å². The molecule has 0 aromatic carbocycles. The zero-order valence-corrected chi connectivity index (χ0v) is 14.9. The molecule has 0 aromatic heterocycles. The third-order valence-electron chi connectivity index (χ3n) is 5.43. The van der Waals surface area contributed by atoms with E-state index >= 15 is 0 Å². The van der Waals surface area contributed by atoms with Gasteiger partial charge < -0.3 is 4.43 Å². The largest absolute Gasteiger partial charge is 0.546 e. The summed E-state index contributed by atoms with van der Waals surface area (Å²) in [6.45, 7) is 18.6. The molecule has 3 heteroatoms. The molecule has 0 spiro atoms. The number of nitrogens with zero attached hydrogens (tertiary/aromatic N) is 1. The Morgan fingerprint density at radius 1 is 1.32 bits per heavy atom. The van der Waals surface area contributed by atoms with Gasteiger partial charge in [0.2, 0.25) is 8.32 Å². The van der Waals surface area contributed by atoms with Crippen molar-refractivity contribution in [3.63, 3.8) is 0 Å². The van der Waals surface area contributed by atoms with Crippen LogP contribution in [0.5, 0.6) is 0 Å². The maximum absolute atomic E-state index is 6.57. The van der Waals surface area contributed by atoms with Crippen LogP contribution in [-0.2, 0) is 4.43 Å². The molecule has 2 nitrogen and oxygen atoms in total. The maximum Gasteiger partial charge on any atom is 0.250 e. The molecule has 1 fully saturated rings. The van der Waals surface area contributed by atoms with Gasteiger partial charge in [-0.3, -0.25) is 4.90 Å². The summed E-state index contributed by atoms with van der Waals surface area (Å²) in [5.41, 5.74) is 0. The number of likely N-dealkylation sites (tertiary alicyclic amines) is 1. The van der Waals surface area contributed by atoms with Crippen molar-refractivity contribution in [2.45, 2.75) is 84.2 Å². The van der Waals surface area contributed by atoms with Crippen LogP contribution in [0.1, 0.15) is 48.0 Å². The van der Waals surface area contributed by atoms with Crippen LogP contribution < -0.4 is 0 Å². The van der Waals surface area contributed by atoms with Gasteiger partial charge in [0.05, 0.1) is 5.76 Å². The number of hydrogen-bond acceptors (Lipinski definition) is 2. The van der Waals surface area contributed by atoms with E-state index in [1.165, 1.54) is 12.2 Å². The smallest absolute Gasteiger partial charge is 0.250 e. The molecule has 0 amide bonds. The van der Waals surface area contributed by atoms with Crippen LogP contribution in [0.4, 0.5) is 0 Å². The molecule has 0 aromatic rings. The molecule has 1 heterocycles. The lowest BCUT2D eigenvalue weighted by Crippen LogP contribution is -2.46. The summed E-state index contributed by atoms with van der Waals surface area (Å²) < 4.78 is 6.57. The molecule has 0 N–H and O–H groups in total. The highest BCUT2D eigenvalue weighted by Crippen LogP contribution is 2.47. The minimum atomic E-state index is -1.67. The van der Waals surface area contributed by atoms with Gasteiger partial charge in [0.1, 0.15) is 0 Å². The van der Waals surface area contributed by atoms with E-state index in [1.807, 2.05) is 0 Å². The first-order valence-electron chi connectivity index (χ1n) is 7.73. The summed E-state index contributed by atoms with van der Waals surface area (Å²) >= 11 is 0. The Bertz CT molecular complexity index is 381. The number of hydrogen-bond donors (Lipinski definition) is 0. The average molecular weight is 282 g/mol. The first-order valence-corrected chi connectivity index (χ1v) is 10.6. The lowest BCUT2D eigenvalue weighted by atomic mass is 10.0. The summed E-state index contributed by atoms with van der Waals surface area (Å²) in [4.78, 5) is 2.64. The van der Waals surface area contributed by atoms with Crippen molar-refractivity contribution in [3.8, 4) is 0 Å². The number of fused-ring (bicyclic) bond motifs is 2. The standard InChI is InChI=1S/C16H31NOSi/c1-11(2)17-12(3)14-9-13(17)10-15(14)18-19(7,8)16(4,5)6/h10-14H,9H2,1-8H3/t12-,13+,14+/m1/s1. The van der Waals surface area contributed by atoms with Gasteiger partial charge >= 0.3 is 0 Å². The lowest BCUT2D eigenvalue weighted by Gasteiger charge is -2.41. The summed E-state index contributed by atoms with van der Waals surface area (Å²) in [6.07, 6.45) is 3.68. The lowest BCUT2D eigenvalue weighted by molar-refractivity contribution is 0.147. The summed E-state index contributed by atoms with van der Waals surface area (Å²) in [6, 6.07) is 1.88. The zero-order valence-electron chi connectivity index (χ0n) is 13.9. The molecule has 0 unspecified atom stereocenters. The molecule has 0 radical (unpaired) electrons. The van der Waals surface area contributed by atoms with Crippen LogP contribution in [0.25, 0.3) is 0 Å². The van der Waals surface area contributed by atoms with Crippen LogP contribution in [0.15, 0.2) is 11.8 Å². The first-order chi connectivity index (χ1) is 8.54. The van der Waals surface area contributed by atoms with E-state index in [1.54, 1.807) is 0 Å². The van der Waals surface area contributed by atoms with Crippen molar-refractivity contribution in [2.24, 2.45) is 5.92 Å². The Kier molecular flexibility index (Phi) is 3.68. The average Bonchev–Trinajstić information content (AvgIpc) is 2.71. The molecule has 2 bridgehead atoms. The van der Waals surface area contributed by atoms with Crippen LogP contribution in [0, 0.1) is 5.92 Å². The Morgan fingerprint density at radius 2 is 1.89 bits per heavy atom. The van der Waals surface area contributed by atoms with Crippen molar-refractivity contribution in [1.29, 1.82) is 0 Å². The molecule has 3 atom stereocenters. The highest BCUT2D eigenvalue weighted by molar-refractivity contribution is 6.74. The quantitative estimate of drug-likeness (QED) is 0.711. The van der Waals surface area contributed by atoms with Crippen molar-refractivity contribution in [1.82, 2.24) is 4.90 Å². The third-order valence-corrected chi connectivity index (χ3v) is 9.79. The van der Waals surface area contributed by atoms with Crippen molar-refractivity contribution < 1.29 is 4.43 Å². The van der Waals surface area contributed by atoms with Gasteiger partial charge in [-0.05, 0) is 51.4 Å². The summed E-state index contributed by atoms with van der Waals surface area (Å²) in [5, 5.41) is 0.288. The molecule has 1 aliphatic heterocycles. The van der Waals surface area contributed by atoms with Crippen LogP contribution in [0.3, 0.4) is 0 Å². The molecule has 2 rings (SSSR count). The van der Waals surface area contributed by atoms with Crippen molar-refractivity contribution in [2.75, 3.05) is 0 Å². The van der Waals surface area contributed by atoms with Crippen molar-refractivity contribution in [3.05, 3.63) is 11.8 Å². The minimum Gasteiger partial charge on any atom is -0.546 e. The molecule has 0 saturated carbocycles. The molecular weight excluding hydrogens is 250 g/mol. The van der Waals surface area contributed by atoms with Gasteiger partial charge in [-0.2, -0.15) is 0 Å². The monoisotopic (exact) mass is 281 g/mol. The molecule has 19 heavy (non-hydrogen) atoms. The highest BCUT2D eigenvalue weighted by Gasteiger charge is 2.49. The second kappa shape index (κ2) is 4.63. The van der Waals surface area contributed by atoms with Crippen LogP contribution in [0.2, 0.25) is 18.1 Å². The Labute approximate surface area is 120 Å². The number of rotatable bonds is 3. The van der Waals surface area contributed by atoms with E-state index in [-0.39, 0.29) is 5.04 Å². The van der Waals surface area contributed by atoms with E-state index in [4.69, 9.17) is 4.43 Å². The molecule has 2 aliphatic rings. The van der Waals surface area contributed by atoms with E-state index in [9.17, 15) is 0 Å². The normalized spacial score (nSPS) is 32.1. The van der Waals surface area contributed by atoms with E-state index in [0.717, 1.165) is 0 Å². The fourth-order valence-corrected chi connectivity index (χ4v) is 4.44. The SMILES string of the molecule is CC(C)N1[C@@H]2C=C(O[Si](C)(C)C(C)(C)C)[C@@H](C2)[C@H]1C. The predicted octanol–water partition coefficient (Wildman–Crippen LogP) is 4.39. The Morgan fingerprint density at radius 3 is 2.32 bits per heavy atom. The van der Waals surface area contributed by atoms with Gasteiger partial charge in [-0.1, -0.05) is 20.8 Å². The van der Waals surface area contributed by atoms with Gasteiger partial charge in [-0.25, -0.2) is 0 Å². The van der Waals surface area contributed by atoms with E-state index in [0.29, 0.717) is 24.0 Å². The second-order valence-corrected chi connectivity index (χ2v) is 12.8. The fourth-order valence-electron chi connectivity index (χ4n) is 3.32. The summed E-state index contributed by atoms with van der Waals surface area (Å²) in [5.74, 6) is 1.93.